The van der Waals surface area contributed by atoms with Crippen LogP contribution in [0, 0.1) is 17.8 Å². The van der Waals surface area contributed by atoms with Crippen LogP contribution in [-0.2, 0) is 9.53 Å². The van der Waals surface area contributed by atoms with Gasteiger partial charge in [-0.05, 0) is 31.6 Å². The van der Waals surface area contributed by atoms with Crippen LogP contribution in [0.4, 0.5) is 0 Å². The highest BCUT2D eigenvalue weighted by atomic mass is 16.5. The van der Waals surface area contributed by atoms with Crippen LogP contribution in [0.2, 0.25) is 0 Å². The summed E-state index contributed by atoms with van der Waals surface area (Å²) in [5, 5.41) is 0. The molecule has 0 radical (unpaired) electrons. The summed E-state index contributed by atoms with van der Waals surface area (Å²) in [6.07, 6.45) is 2.27. The van der Waals surface area contributed by atoms with Gasteiger partial charge in [0.05, 0.1) is 6.61 Å². The molecule has 0 N–H and O–H groups in total. The molecule has 2 unspecified atom stereocenters. The first-order valence-electron chi connectivity index (χ1n) is 5.21. The molecule has 0 spiro atoms. The van der Waals surface area contributed by atoms with E-state index in [-0.39, 0.29) is 5.92 Å². The van der Waals surface area contributed by atoms with Gasteiger partial charge < -0.3 is 4.74 Å². The number of hydrogen-bond acceptors (Lipinski definition) is 2. The highest BCUT2D eigenvalue weighted by Gasteiger charge is 2.29. The predicted octanol–water partition coefficient (Wildman–Crippen LogP) is 2.27. The maximum absolute atomic E-state index is 11.4. The van der Waals surface area contributed by atoms with Gasteiger partial charge in [-0.1, -0.05) is 13.8 Å². The zero-order valence-electron chi connectivity index (χ0n) is 8.88. The van der Waals surface area contributed by atoms with Crippen molar-refractivity contribution >= 4 is 5.78 Å². The van der Waals surface area contributed by atoms with Crippen LogP contribution in [0.15, 0.2) is 0 Å². The fraction of sp³-hybridized carbons (Fsp3) is 0.909. The van der Waals surface area contributed by atoms with E-state index >= 15 is 0 Å². The Kier molecular flexibility index (Phi) is 3.91. The number of rotatable bonds is 3. The second kappa shape index (κ2) is 4.75. The van der Waals surface area contributed by atoms with Crippen molar-refractivity contribution in [1.82, 2.24) is 0 Å². The van der Waals surface area contributed by atoms with Crippen LogP contribution in [0.25, 0.3) is 0 Å². The van der Waals surface area contributed by atoms with E-state index in [9.17, 15) is 4.79 Å². The Morgan fingerprint density at radius 2 is 2.15 bits per heavy atom. The molecular weight excluding hydrogens is 164 g/mol. The molecule has 0 aliphatic carbocycles. The quantitative estimate of drug-likeness (QED) is 0.672. The van der Waals surface area contributed by atoms with E-state index in [0.29, 0.717) is 17.6 Å². The lowest BCUT2D eigenvalue weighted by Gasteiger charge is -2.31. The smallest absolute Gasteiger partial charge is 0.133 e. The number of ether oxygens (including phenoxy) is 1. The summed E-state index contributed by atoms with van der Waals surface area (Å²) in [4.78, 5) is 11.4. The van der Waals surface area contributed by atoms with Gasteiger partial charge >= 0.3 is 0 Å². The Morgan fingerprint density at radius 1 is 1.46 bits per heavy atom. The second-order valence-corrected chi connectivity index (χ2v) is 4.36. The largest absolute Gasteiger partial charge is 0.381 e. The molecule has 1 saturated heterocycles. The summed E-state index contributed by atoms with van der Waals surface area (Å²) in [7, 11) is 0. The standard InChI is InChI=1S/C11H20O2/c1-8(2)11(9(3)12)10-5-4-6-13-7-10/h8,10-11H,4-7H2,1-3H3. The van der Waals surface area contributed by atoms with E-state index in [2.05, 4.69) is 13.8 Å². The van der Waals surface area contributed by atoms with Gasteiger partial charge in [0.1, 0.15) is 5.78 Å². The monoisotopic (exact) mass is 184 g/mol. The minimum Gasteiger partial charge on any atom is -0.381 e. The van der Waals surface area contributed by atoms with E-state index in [1.165, 1.54) is 0 Å². The van der Waals surface area contributed by atoms with Crippen molar-refractivity contribution in [3.63, 3.8) is 0 Å². The Hall–Kier alpha value is -0.370. The maximum atomic E-state index is 11.4. The average molecular weight is 184 g/mol. The highest BCUT2D eigenvalue weighted by Crippen LogP contribution is 2.28. The zero-order chi connectivity index (χ0) is 9.84. The summed E-state index contributed by atoms with van der Waals surface area (Å²) in [5.41, 5.74) is 0. The average Bonchev–Trinajstić information content (AvgIpc) is 2.04. The first-order valence-corrected chi connectivity index (χ1v) is 5.21. The zero-order valence-corrected chi connectivity index (χ0v) is 8.88. The molecule has 1 fully saturated rings. The molecule has 0 aromatic carbocycles. The minimum absolute atomic E-state index is 0.209. The lowest BCUT2D eigenvalue weighted by molar-refractivity contribution is -0.126. The van der Waals surface area contributed by atoms with E-state index in [0.717, 1.165) is 26.1 Å². The Balaban J connectivity index is 2.57. The third-order valence-corrected chi connectivity index (χ3v) is 2.89. The molecule has 1 aliphatic rings. The predicted molar refractivity (Wildman–Crippen MR) is 52.6 cm³/mol. The second-order valence-electron chi connectivity index (χ2n) is 4.36. The van der Waals surface area contributed by atoms with Gasteiger partial charge in [-0.3, -0.25) is 4.79 Å². The van der Waals surface area contributed by atoms with Crippen LogP contribution in [-0.4, -0.2) is 19.0 Å². The van der Waals surface area contributed by atoms with Crippen molar-refractivity contribution in [2.45, 2.75) is 33.6 Å². The van der Waals surface area contributed by atoms with Crippen molar-refractivity contribution in [3.05, 3.63) is 0 Å². The minimum atomic E-state index is 0.209. The van der Waals surface area contributed by atoms with Gasteiger partial charge in [-0.2, -0.15) is 0 Å². The third kappa shape index (κ3) is 2.80. The van der Waals surface area contributed by atoms with Gasteiger partial charge in [0.15, 0.2) is 0 Å². The molecule has 1 rings (SSSR count). The Bertz CT molecular complexity index is 169. The van der Waals surface area contributed by atoms with Gasteiger partial charge in [0.2, 0.25) is 0 Å². The van der Waals surface area contributed by atoms with Crippen LogP contribution in [0.5, 0.6) is 0 Å². The molecule has 0 amide bonds. The molecule has 0 aromatic heterocycles. The lowest BCUT2D eigenvalue weighted by Crippen LogP contribution is -2.32. The van der Waals surface area contributed by atoms with Crippen molar-refractivity contribution in [1.29, 1.82) is 0 Å². The lowest BCUT2D eigenvalue weighted by atomic mass is 9.78. The maximum Gasteiger partial charge on any atom is 0.133 e. The van der Waals surface area contributed by atoms with Crippen molar-refractivity contribution in [3.8, 4) is 0 Å². The van der Waals surface area contributed by atoms with Crippen LogP contribution >= 0.6 is 0 Å². The van der Waals surface area contributed by atoms with Gasteiger partial charge in [0.25, 0.3) is 0 Å². The molecule has 2 atom stereocenters. The SMILES string of the molecule is CC(=O)C(C(C)C)C1CCCOC1. The summed E-state index contributed by atoms with van der Waals surface area (Å²) < 4.78 is 5.41. The van der Waals surface area contributed by atoms with Gasteiger partial charge in [-0.25, -0.2) is 0 Å². The summed E-state index contributed by atoms with van der Waals surface area (Å²) in [6, 6.07) is 0. The molecule has 76 valence electrons. The van der Waals surface area contributed by atoms with Crippen molar-refractivity contribution in [2.75, 3.05) is 13.2 Å². The van der Waals surface area contributed by atoms with Crippen molar-refractivity contribution in [2.24, 2.45) is 17.8 Å². The normalized spacial score (nSPS) is 26.0. The fourth-order valence-corrected chi connectivity index (χ4v) is 2.39. The first kappa shape index (κ1) is 10.7. The molecule has 1 heterocycles. The number of carbonyl (C=O) groups excluding carboxylic acids is 1. The molecule has 2 nitrogen and oxygen atoms in total. The molecule has 13 heavy (non-hydrogen) atoms. The van der Waals surface area contributed by atoms with Crippen LogP contribution in [0.1, 0.15) is 33.6 Å². The van der Waals surface area contributed by atoms with E-state index < -0.39 is 0 Å². The molecule has 0 saturated carbocycles. The molecule has 2 heteroatoms. The molecule has 1 aliphatic heterocycles. The summed E-state index contributed by atoms with van der Waals surface area (Å²) in [5.74, 6) is 1.45. The topological polar surface area (TPSA) is 26.3 Å². The number of carbonyl (C=O) groups is 1. The summed E-state index contributed by atoms with van der Waals surface area (Å²) >= 11 is 0. The number of hydrogen-bond donors (Lipinski definition) is 0. The fourth-order valence-electron chi connectivity index (χ4n) is 2.39. The first-order chi connectivity index (χ1) is 6.13. The van der Waals surface area contributed by atoms with E-state index in [1.807, 2.05) is 0 Å². The number of ketones is 1. The molecule has 0 bridgehead atoms. The van der Waals surface area contributed by atoms with Gasteiger partial charge in [-0.15, -0.1) is 0 Å². The number of Topliss-reactive ketones (excluding diaryl/α,β-unsaturated/α-hetero) is 1. The Morgan fingerprint density at radius 3 is 2.54 bits per heavy atom. The Labute approximate surface area is 80.7 Å². The third-order valence-electron chi connectivity index (χ3n) is 2.89. The van der Waals surface area contributed by atoms with Gasteiger partial charge in [0, 0.05) is 12.5 Å². The van der Waals surface area contributed by atoms with Crippen LogP contribution in [0.3, 0.4) is 0 Å². The van der Waals surface area contributed by atoms with E-state index in [1.54, 1.807) is 6.92 Å². The van der Waals surface area contributed by atoms with E-state index in [4.69, 9.17) is 4.74 Å². The molecular formula is C11H20O2. The molecule has 0 aromatic rings. The van der Waals surface area contributed by atoms with Crippen LogP contribution < -0.4 is 0 Å². The highest BCUT2D eigenvalue weighted by molar-refractivity contribution is 5.78. The summed E-state index contributed by atoms with van der Waals surface area (Å²) in [6.45, 7) is 7.61. The van der Waals surface area contributed by atoms with Crippen molar-refractivity contribution < 1.29 is 9.53 Å².